The van der Waals surface area contributed by atoms with E-state index in [-0.39, 0.29) is 12.0 Å². The van der Waals surface area contributed by atoms with Crippen molar-refractivity contribution in [1.82, 2.24) is 5.32 Å². The summed E-state index contributed by atoms with van der Waals surface area (Å²) in [7, 11) is 0. The average Bonchev–Trinajstić information content (AvgIpc) is 2.38. The standard InChI is InChI=1S/C17H34BrNO2/c1-5-6-7-8-9-10-12-15(19-14-11-13-18)16(20)21-17(2,3)4/h15,19H,5-14H2,1-4H3. The first kappa shape index (κ1) is 20.9. The molecular formula is C17H34BrNO2. The lowest BCUT2D eigenvalue weighted by Gasteiger charge is -2.24. The van der Waals surface area contributed by atoms with Crippen LogP contribution in [0.4, 0.5) is 0 Å². The molecule has 0 aromatic heterocycles. The van der Waals surface area contributed by atoms with E-state index >= 15 is 0 Å². The highest BCUT2D eigenvalue weighted by Crippen LogP contribution is 2.13. The van der Waals surface area contributed by atoms with Gasteiger partial charge in [0, 0.05) is 5.33 Å². The highest BCUT2D eigenvalue weighted by molar-refractivity contribution is 9.09. The Hall–Kier alpha value is -0.0900. The SMILES string of the molecule is CCCCCCCCC(NCCCBr)C(=O)OC(C)(C)C. The van der Waals surface area contributed by atoms with Gasteiger partial charge in [-0.25, -0.2) is 0 Å². The molecular weight excluding hydrogens is 330 g/mol. The Morgan fingerprint density at radius 1 is 1.10 bits per heavy atom. The van der Waals surface area contributed by atoms with E-state index in [1.807, 2.05) is 20.8 Å². The van der Waals surface area contributed by atoms with Gasteiger partial charge in [-0.2, -0.15) is 0 Å². The fourth-order valence-corrected chi connectivity index (χ4v) is 2.43. The maximum atomic E-state index is 12.2. The van der Waals surface area contributed by atoms with Crippen molar-refractivity contribution in [3.63, 3.8) is 0 Å². The van der Waals surface area contributed by atoms with Crippen LogP contribution in [-0.4, -0.2) is 29.5 Å². The molecule has 1 atom stereocenters. The minimum absolute atomic E-state index is 0.106. The first-order chi connectivity index (χ1) is 9.90. The molecule has 0 radical (unpaired) electrons. The van der Waals surface area contributed by atoms with Crippen LogP contribution in [0.2, 0.25) is 0 Å². The minimum atomic E-state index is -0.409. The lowest BCUT2D eigenvalue weighted by atomic mass is 10.1. The summed E-state index contributed by atoms with van der Waals surface area (Å²) in [5, 5.41) is 4.30. The van der Waals surface area contributed by atoms with Crippen LogP contribution in [0, 0.1) is 0 Å². The van der Waals surface area contributed by atoms with Gasteiger partial charge in [0.05, 0.1) is 0 Å². The predicted molar refractivity (Wildman–Crippen MR) is 94.0 cm³/mol. The molecule has 4 heteroatoms. The van der Waals surface area contributed by atoms with E-state index in [9.17, 15) is 4.79 Å². The second-order valence-electron chi connectivity index (χ2n) is 6.64. The van der Waals surface area contributed by atoms with Crippen molar-refractivity contribution in [2.75, 3.05) is 11.9 Å². The largest absolute Gasteiger partial charge is 0.459 e. The molecule has 0 aliphatic rings. The fraction of sp³-hybridized carbons (Fsp3) is 0.941. The smallest absolute Gasteiger partial charge is 0.323 e. The Bertz CT molecular complexity index is 264. The number of ether oxygens (including phenoxy) is 1. The summed E-state index contributed by atoms with van der Waals surface area (Å²) in [6.45, 7) is 8.85. The summed E-state index contributed by atoms with van der Waals surface area (Å²) >= 11 is 3.42. The van der Waals surface area contributed by atoms with Gasteiger partial charge in [-0.05, 0) is 40.2 Å². The Morgan fingerprint density at radius 2 is 1.71 bits per heavy atom. The van der Waals surface area contributed by atoms with Crippen LogP contribution in [-0.2, 0) is 9.53 Å². The molecule has 0 amide bonds. The predicted octanol–water partition coefficient (Wildman–Crippen LogP) is 4.82. The van der Waals surface area contributed by atoms with Crippen LogP contribution >= 0.6 is 15.9 Å². The van der Waals surface area contributed by atoms with E-state index in [0.717, 1.165) is 31.1 Å². The highest BCUT2D eigenvalue weighted by Gasteiger charge is 2.24. The summed E-state index contributed by atoms with van der Waals surface area (Å²) < 4.78 is 5.51. The maximum Gasteiger partial charge on any atom is 0.323 e. The number of esters is 1. The van der Waals surface area contributed by atoms with Gasteiger partial charge in [0.1, 0.15) is 11.6 Å². The van der Waals surface area contributed by atoms with Crippen LogP contribution in [0.1, 0.15) is 79.1 Å². The Balaban J connectivity index is 4.10. The molecule has 0 rings (SSSR count). The molecule has 3 nitrogen and oxygen atoms in total. The summed E-state index contributed by atoms with van der Waals surface area (Å²) in [4.78, 5) is 12.2. The van der Waals surface area contributed by atoms with E-state index in [1.165, 1.54) is 32.1 Å². The molecule has 0 saturated heterocycles. The molecule has 0 spiro atoms. The second kappa shape index (κ2) is 12.5. The number of halogens is 1. The van der Waals surface area contributed by atoms with Crippen molar-refractivity contribution >= 4 is 21.9 Å². The zero-order valence-corrected chi connectivity index (χ0v) is 15.9. The van der Waals surface area contributed by atoms with Gasteiger partial charge in [-0.3, -0.25) is 4.79 Å². The zero-order chi connectivity index (χ0) is 16.1. The quantitative estimate of drug-likeness (QED) is 0.306. The van der Waals surface area contributed by atoms with Gasteiger partial charge in [0.2, 0.25) is 0 Å². The minimum Gasteiger partial charge on any atom is -0.459 e. The van der Waals surface area contributed by atoms with Crippen molar-refractivity contribution in [1.29, 1.82) is 0 Å². The van der Waals surface area contributed by atoms with Crippen LogP contribution < -0.4 is 5.32 Å². The fourth-order valence-electron chi connectivity index (χ4n) is 2.15. The molecule has 0 heterocycles. The third-order valence-electron chi connectivity index (χ3n) is 3.24. The number of rotatable bonds is 12. The molecule has 126 valence electrons. The summed E-state index contributed by atoms with van der Waals surface area (Å²) in [6, 6.07) is -0.158. The molecule has 0 aliphatic heterocycles. The molecule has 0 aromatic carbocycles. The Kier molecular flexibility index (Phi) is 12.4. The van der Waals surface area contributed by atoms with Crippen LogP contribution in [0.25, 0.3) is 0 Å². The number of carbonyl (C=O) groups excluding carboxylic acids is 1. The van der Waals surface area contributed by atoms with E-state index in [4.69, 9.17) is 4.74 Å². The van der Waals surface area contributed by atoms with Gasteiger partial charge in [-0.15, -0.1) is 0 Å². The molecule has 21 heavy (non-hydrogen) atoms. The van der Waals surface area contributed by atoms with E-state index in [2.05, 4.69) is 28.2 Å². The molecule has 1 unspecified atom stereocenters. The van der Waals surface area contributed by atoms with Crippen LogP contribution in [0.5, 0.6) is 0 Å². The van der Waals surface area contributed by atoms with Crippen LogP contribution in [0.3, 0.4) is 0 Å². The number of alkyl halides is 1. The number of nitrogens with one attached hydrogen (secondary N) is 1. The van der Waals surface area contributed by atoms with Crippen molar-refractivity contribution in [3.05, 3.63) is 0 Å². The monoisotopic (exact) mass is 363 g/mol. The lowest BCUT2D eigenvalue weighted by Crippen LogP contribution is -2.41. The maximum absolute atomic E-state index is 12.2. The van der Waals surface area contributed by atoms with Gasteiger partial charge >= 0.3 is 5.97 Å². The van der Waals surface area contributed by atoms with Gasteiger partial charge in [0.25, 0.3) is 0 Å². The first-order valence-corrected chi connectivity index (χ1v) is 9.55. The number of carbonyl (C=O) groups is 1. The van der Waals surface area contributed by atoms with Crippen LogP contribution in [0.15, 0.2) is 0 Å². The molecule has 1 N–H and O–H groups in total. The van der Waals surface area contributed by atoms with E-state index in [1.54, 1.807) is 0 Å². The molecule has 0 fully saturated rings. The molecule has 0 aliphatic carbocycles. The summed E-state index contributed by atoms with van der Waals surface area (Å²) in [5.41, 5.74) is -0.409. The van der Waals surface area contributed by atoms with Gasteiger partial charge in [-0.1, -0.05) is 61.4 Å². The van der Waals surface area contributed by atoms with Crippen molar-refractivity contribution in [3.8, 4) is 0 Å². The molecule has 0 bridgehead atoms. The number of hydrogen-bond donors (Lipinski definition) is 1. The Labute approximate surface area is 139 Å². The summed E-state index contributed by atoms with van der Waals surface area (Å²) in [6.07, 6.45) is 9.38. The second-order valence-corrected chi connectivity index (χ2v) is 7.43. The number of unbranched alkanes of at least 4 members (excludes halogenated alkanes) is 5. The van der Waals surface area contributed by atoms with Gasteiger partial charge in [0.15, 0.2) is 0 Å². The first-order valence-electron chi connectivity index (χ1n) is 8.43. The lowest BCUT2D eigenvalue weighted by molar-refractivity contribution is -0.157. The zero-order valence-electron chi connectivity index (χ0n) is 14.3. The number of hydrogen-bond acceptors (Lipinski definition) is 3. The topological polar surface area (TPSA) is 38.3 Å². The van der Waals surface area contributed by atoms with Crippen molar-refractivity contribution in [2.45, 2.75) is 90.7 Å². The van der Waals surface area contributed by atoms with E-state index in [0.29, 0.717) is 0 Å². The third kappa shape index (κ3) is 13.3. The van der Waals surface area contributed by atoms with Crippen molar-refractivity contribution in [2.24, 2.45) is 0 Å². The van der Waals surface area contributed by atoms with Crippen molar-refractivity contribution < 1.29 is 9.53 Å². The third-order valence-corrected chi connectivity index (χ3v) is 3.80. The summed E-state index contributed by atoms with van der Waals surface area (Å²) in [5.74, 6) is -0.106. The average molecular weight is 364 g/mol. The molecule has 0 saturated carbocycles. The molecule has 0 aromatic rings. The van der Waals surface area contributed by atoms with Gasteiger partial charge < -0.3 is 10.1 Å². The van der Waals surface area contributed by atoms with E-state index < -0.39 is 5.60 Å². The Morgan fingerprint density at radius 3 is 2.29 bits per heavy atom. The normalized spacial score (nSPS) is 13.2. The highest BCUT2D eigenvalue weighted by atomic mass is 79.9.